The largest absolute Gasteiger partial charge is 0.497 e. The third-order valence-electron chi connectivity index (χ3n) is 1.03. The Labute approximate surface area is 66.8 Å². The molecular weight excluding hydrogens is 143 g/mol. The van der Waals surface area contributed by atoms with Crippen LogP contribution >= 0.6 is 0 Å². The molecule has 0 saturated carbocycles. The van der Waals surface area contributed by atoms with Crippen LogP contribution in [0.1, 0.15) is 13.8 Å². The number of methoxy groups -OCH3 is 1. The lowest BCUT2D eigenvalue weighted by molar-refractivity contribution is 0.411. The molecule has 0 unspecified atom stereocenters. The first-order valence-corrected chi connectivity index (χ1v) is 3.62. The molecule has 1 nitrogen and oxygen atoms in total. The number of hydrogen-bond donors (Lipinski definition) is 0. The van der Waals surface area contributed by atoms with Crippen molar-refractivity contribution in [3.8, 4) is 5.75 Å². The number of benzene rings is 1. The van der Waals surface area contributed by atoms with E-state index in [1.54, 1.807) is 12.1 Å². The van der Waals surface area contributed by atoms with E-state index in [1.165, 1.54) is 19.2 Å². The third-order valence-corrected chi connectivity index (χ3v) is 1.03. The molecule has 0 N–H and O–H groups in total. The SMILES string of the molecule is CC.COc1cccc(F)c1. The predicted molar refractivity (Wildman–Crippen MR) is 44.3 cm³/mol. The van der Waals surface area contributed by atoms with Crippen molar-refractivity contribution >= 4 is 0 Å². The van der Waals surface area contributed by atoms with Gasteiger partial charge in [-0.15, -0.1) is 0 Å². The van der Waals surface area contributed by atoms with Crippen LogP contribution in [0.2, 0.25) is 0 Å². The van der Waals surface area contributed by atoms with Gasteiger partial charge in [-0.1, -0.05) is 19.9 Å². The average molecular weight is 156 g/mol. The molecule has 0 aliphatic carbocycles. The first kappa shape index (κ1) is 9.95. The molecule has 1 aromatic rings. The molecular formula is C9H13FO. The van der Waals surface area contributed by atoms with Gasteiger partial charge in [0.25, 0.3) is 0 Å². The lowest BCUT2D eigenvalue weighted by atomic mass is 10.3. The molecule has 0 spiro atoms. The molecule has 0 aliphatic rings. The quantitative estimate of drug-likeness (QED) is 0.607. The van der Waals surface area contributed by atoms with Gasteiger partial charge in [0.05, 0.1) is 7.11 Å². The molecule has 0 aliphatic heterocycles. The van der Waals surface area contributed by atoms with Gasteiger partial charge >= 0.3 is 0 Å². The van der Waals surface area contributed by atoms with Crippen LogP contribution in [0.5, 0.6) is 5.75 Å². The van der Waals surface area contributed by atoms with Crippen molar-refractivity contribution in [1.82, 2.24) is 0 Å². The van der Waals surface area contributed by atoms with Crippen molar-refractivity contribution in [3.05, 3.63) is 30.1 Å². The molecule has 2 heteroatoms. The molecule has 11 heavy (non-hydrogen) atoms. The van der Waals surface area contributed by atoms with E-state index in [9.17, 15) is 4.39 Å². The second kappa shape index (κ2) is 5.71. The summed E-state index contributed by atoms with van der Waals surface area (Å²) in [5.74, 6) is 0.282. The molecule has 1 rings (SSSR count). The Kier molecular flexibility index (Phi) is 5.17. The van der Waals surface area contributed by atoms with Crippen LogP contribution in [0, 0.1) is 5.82 Å². The van der Waals surface area contributed by atoms with Gasteiger partial charge in [0.1, 0.15) is 11.6 Å². The monoisotopic (exact) mass is 156 g/mol. The van der Waals surface area contributed by atoms with Crippen LogP contribution in [-0.4, -0.2) is 7.11 Å². The summed E-state index contributed by atoms with van der Waals surface area (Å²) in [6, 6.07) is 6.01. The van der Waals surface area contributed by atoms with Crippen molar-refractivity contribution in [1.29, 1.82) is 0 Å². The minimum atomic E-state index is -0.269. The van der Waals surface area contributed by atoms with E-state index in [0.29, 0.717) is 5.75 Å². The van der Waals surface area contributed by atoms with Gasteiger partial charge in [-0.05, 0) is 12.1 Å². The Bertz CT molecular complexity index is 199. The van der Waals surface area contributed by atoms with Crippen LogP contribution in [-0.2, 0) is 0 Å². The summed E-state index contributed by atoms with van der Waals surface area (Å²) in [6.07, 6.45) is 0. The summed E-state index contributed by atoms with van der Waals surface area (Å²) in [4.78, 5) is 0. The molecule has 0 aromatic heterocycles. The van der Waals surface area contributed by atoms with E-state index in [2.05, 4.69) is 0 Å². The summed E-state index contributed by atoms with van der Waals surface area (Å²) < 4.78 is 17.0. The second-order valence-electron chi connectivity index (χ2n) is 1.66. The Morgan fingerprint density at radius 1 is 1.27 bits per heavy atom. The van der Waals surface area contributed by atoms with E-state index in [4.69, 9.17) is 4.74 Å². The average Bonchev–Trinajstić information content (AvgIpc) is 2.08. The molecule has 0 saturated heterocycles. The molecule has 0 heterocycles. The van der Waals surface area contributed by atoms with Gasteiger partial charge in [0, 0.05) is 6.07 Å². The number of hydrogen-bond acceptors (Lipinski definition) is 1. The van der Waals surface area contributed by atoms with Crippen molar-refractivity contribution in [2.45, 2.75) is 13.8 Å². The fourth-order valence-electron chi connectivity index (χ4n) is 0.594. The highest BCUT2D eigenvalue weighted by Crippen LogP contribution is 2.09. The first-order valence-electron chi connectivity index (χ1n) is 3.62. The van der Waals surface area contributed by atoms with Crippen LogP contribution in [0.3, 0.4) is 0 Å². The normalized spacial score (nSPS) is 8.00. The first-order chi connectivity index (χ1) is 5.33. The minimum Gasteiger partial charge on any atom is -0.497 e. The zero-order valence-electron chi connectivity index (χ0n) is 7.10. The fourth-order valence-corrected chi connectivity index (χ4v) is 0.594. The van der Waals surface area contributed by atoms with E-state index < -0.39 is 0 Å². The van der Waals surface area contributed by atoms with Crippen molar-refractivity contribution < 1.29 is 9.13 Å². The van der Waals surface area contributed by atoms with E-state index in [1.807, 2.05) is 13.8 Å². The van der Waals surface area contributed by atoms with Gasteiger partial charge in [-0.2, -0.15) is 0 Å². The third kappa shape index (κ3) is 3.61. The van der Waals surface area contributed by atoms with Crippen molar-refractivity contribution in [3.63, 3.8) is 0 Å². The molecule has 0 fully saturated rings. The van der Waals surface area contributed by atoms with Gasteiger partial charge in [0.15, 0.2) is 0 Å². The molecule has 0 atom stereocenters. The lowest BCUT2D eigenvalue weighted by Crippen LogP contribution is -1.81. The lowest BCUT2D eigenvalue weighted by Gasteiger charge is -1.95. The van der Waals surface area contributed by atoms with Crippen LogP contribution in [0.25, 0.3) is 0 Å². The Hall–Kier alpha value is -1.05. The standard InChI is InChI=1S/C7H7FO.C2H6/c1-9-7-4-2-3-6(8)5-7;1-2/h2-5H,1H3;1-2H3. The summed E-state index contributed by atoms with van der Waals surface area (Å²) in [7, 11) is 1.51. The Morgan fingerprint density at radius 2 is 1.91 bits per heavy atom. The van der Waals surface area contributed by atoms with E-state index in [-0.39, 0.29) is 5.82 Å². The molecule has 0 bridgehead atoms. The number of rotatable bonds is 1. The summed E-state index contributed by atoms with van der Waals surface area (Å²) in [5, 5.41) is 0. The fraction of sp³-hybridized carbons (Fsp3) is 0.333. The van der Waals surface area contributed by atoms with Gasteiger partial charge in [-0.3, -0.25) is 0 Å². The van der Waals surface area contributed by atoms with Crippen LogP contribution < -0.4 is 4.74 Å². The second-order valence-corrected chi connectivity index (χ2v) is 1.66. The summed E-state index contributed by atoms with van der Waals surface area (Å²) in [6.45, 7) is 4.00. The Morgan fingerprint density at radius 3 is 2.27 bits per heavy atom. The van der Waals surface area contributed by atoms with Crippen molar-refractivity contribution in [2.75, 3.05) is 7.11 Å². The zero-order valence-corrected chi connectivity index (χ0v) is 7.10. The topological polar surface area (TPSA) is 9.23 Å². The zero-order chi connectivity index (χ0) is 8.69. The maximum atomic E-state index is 12.3. The van der Waals surface area contributed by atoms with Crippen LogP contribution in [0.4, 0.5) is 4.39 Å². The summed E-state index contributed by atoms with van der Waals surface area (Å²) >= 11 is 0. The Balaban J connectivity index is 0.000000461. The highest BCUT2D eigenvalue weighted by molar-refractivity contribution is 5.21. The highest BCUT2D eigenvalue weighted by Gasteiger charge is 1.90. The van der Waals surface area contributed by atoms with Gasteiger partial charge in [-0.25, -0.2) is 4.39 Å². The van der Waals surface area contributed by atoms with Gasteiger partial charge in [0.2, 0.25) is 0 Å². The highest BCUT2D eigenvalue weighted by atomic mass is 19.1. The number of halogens is 1. The smallest absolute Gasteiger partial charge is 0.126 e. The van der Waals surface area contributed by atoms with E-state index >= 15 is 0 Å². The molecule has 62 valence electrons. The van der Waals surface area contributed by atoms with E-state index in [0.717, 1.165) is 0 Å². The van der Waals surface area contributed by atoms with Gasteiger partial charge < -0.3 is 4.74 Å². The summed E-state index contributed by atoms with van der Waals surface area (Å²) in [5.41, 5.74) is 0. The molecule has 1 aromatic carbocycles. The maximum absolute atomic E-state index is 12.3. The van der Waals surface area contributed by atoms with Crippen molar-refractivity contribution in [2.24, 2.45) is 0 Å². The maximum Gasteiger partial charge on any atom is 0.126 e. The predicted octanol–water partition coefficient (Wildman–Crippen LogP) is 2.86. The minimum absolute atomic E-state index is 0.269. The molecule has 0 amide bonds. The number of ether oxygens (including phenoxy) is 1. The molecule has 0 radical (unpaired) electrons. The van der Waals surface area contributed by atoms with Crippen LogP contribution in [0.15, 0.2) is 24.3 Å².